The Morgan fingerprint density at radius 3 is 3.12 bits per heavy atom. The van der Waals surface area contributed by atoms with Crippen molar-refractivity contribution in [3.63, 3.8) is 0 Å². The van der Waals surface area contributed by atoms with E-state index in [4.69, 9.17) is 9.84 Å². The van der Waals surface area contributed by atoms with E-state index >= 15 is 0 Å². The number of rotatable bonds is 3. The van der Waals surface area contributed by atoms with Gasteiger partial charge in [-0.25, -0.2) is 4.79 Å². The fourth-order valence-corrected chi connectivity index (χ4v) is 2.03. The molecule has 0 aromatic carbocycles. The van der Waals surface area contributed by atoms with Gasteiger partial charge >= 0.3 is 5.97 Å². The molecule has 6 nitrogen and oxygen atoms in total. The Morgan fingerprint density at radius 2 is 2.44 bits per heavy atom. The molecule has 0 aliphatic heterocycles. The fourth-order valence-electron chi connectivity index (χ4n) is 1.22. The van der Waals surface area contributed by atoms with Crippen LogP contribution in [0.15, 0.2) is 16.2 Å². The summed E-state index contributed by atoms with van der Waals surface area (Å²) in [4.78, 5) is 26.2. The van der Waals surface area contributed by atoms with E-state index in [1.807, 2.05) is 0 Å². The van der Waals surface area contributed by atoms with Gasteiger partial charge in [0.1, 0.15) is 4.70 Å². The number of hydrogen-bond donors (Lipinski definition) is 1. The van der Waals surface area contributed by atoms with Gasteiger partial charge in [0.05, 0.1) is 5.52 Å². The smallest absolute Gasteiger partial charge is 0.341 e. The minimum Gasteiger partial charge on any atom is -0.479 e. The van der Waals surface area contributed by atoms with Crippen LogP contribution in [-0.2, 0) is 11.8 Å². The molecule has 0 radical (unpaired) electrons. The van der Waals surface area contributed by atoms with Crippen LogP contribution in [0.3, 0.4) is 0 Å². The molecule has 0 saturated carbocycles. The summed E-state index contributed by atoms with van der Waals surface area (Å²) in [5.41, 5.74) is 0.286. The van der Waals surface area contributed by atoms with Crippen LogP contribution in [0.25, 0.3) is 10.2 Å². The summed E-state index contributed by atoms with van der Waals surface area (Å²) in [7, 11) is 1.49. The lowest BCUT2D eigenvalue weighted by Crippen LogP contribution is -2.21. The molecule has 2 aromatic rings. The second-order valence-corrected chi connectivity index (χ2v) is 3.99. The van der Waals surface area contributed by atoms with Crippen molar-refractivity contribution in [2.45, 2.75) is 0 Å². The molecular weight excluding hydrogens is 232 g/mol. The largest absolute Gasteiger partial charge is 0.479 e. The Hall–Kier alpha value is -1.89. The molecule has 0 fully saturated rings. The Kier molecular flexibility index (Phi) is 2.61. The van der Waals surface area contributed by atoms with E-state index in [0.29, 0.717) is 10.2 Å². The first-order chi connectivity index (χ1) is 7.59. The molecule has 0 aliphatic carbocycles. The SMILES string of the molecule is Cn1c(OCC(=O)O)nc2ccsc2c1=O. The maximum Gasteiger partial charge on any atom is 0.341 e. The van der Waals surface area contributed by atoms with Gasteiger partial charge in [-0.2, -0.15) is 4.98 Å². The van der Waals surface area contributed by atoms with E-state index in [1.54, 1.807) is 11.4 Å². The predicted octanol–water partition coefficient (Wildman–Crippen LogP) is 0.458. The van der Waals surface area contributed by atoms with E-state index in [1.165, 1.54) is 23.0 Å². The molecular formula is C9H8N2O4S. The molecule has 2 rings (SSSR count). The van der Waals surface area contributed by atoms with Crippen LogP contribution in [0.5, 0.6) is 6.01 Å². The van der Waals surface area contributed by atoms with E-state index in [0.717, 1.165) is 0 Å². The summed E-state index contributed by atoms with van der Waals surface area (Å²) < 4.78 is 6.64. The van der Waals surface area contributed by atoms with Crippen molar-refractivity contribution >= 4 is 27.5 Å². The molecule has 7 heteroatoms. The first kappa shape index (κ1) is 10.6. The van der Waals surface area contributed by atoms with Crippen LogP contribution in [0.1, 0.15) is 0 Å². The number of fused-ring (bicyclic) bond motifs is 1. The molecule has 1 N–H and O–H groups in total. The van der Waals surface area contributed by atoms with Gasteiger partial charge in [-0.3, -0.25) is 9.36 Å². The van der Waals surface area contributed by atoms with Crippen molar-refractivity contribution in [2.75, 3.05) is 6.61 Å². The van der Waals surface area contributed by atoms with Gasteiger partial charge in [-0.05, 0) is 11.4 Å². The number of ether oxygens (including phenoxy) is 1. The molecule has 16 heavy (non-hydrogen) atoms. The summed E-state index contributed by atoms with van der Waals surface area (Å²) in [6.45, 7) is -0.518. The fraction of sp³-hybridized carbons (Fsp3) is 0.222. The highest BCUT2D eigenvalue weighted by Gasteiger charge is 2.11. The second-order valence-electron chi connectivity index (χ2n) is 3.08. The molecule has 0 bridgehead atoms. The molecule has 2 heterocycles. The number of carboxylic acids is 1. The molecule has 0 spiro atoms. The molecule has 84 valence electrons. The van der Waals surface area contributed by atoms with Crippen molar-refractivity contribution in [2.24, 2.45) is 7.05 Å². The van der Waals surface area contributed by atoms with E-state index in [-0.39, 0.29) is 11.6 Å². The number of hydrogen-bond acceptors (Lipinski definition) is 5. The minimum absolute atomic E-state index is 0.0123. The maximum absolute atomic E-state index is 11.8. The summed E-state index contributed by atoms with van der Waals surface area (Å²) in [5.74, 6) is -1.11. The Labute approximate surface area is 93.7 Å². The molecule has 2 aromatic heterocycles. The van der Waals surface area contributed by atoms with Crippen molar-refractivity contribution in [1.82, 2.24) is 9.55 Å². The van der Waals surface area contributed by atoms with Gasteiger partial charge in [-0.15, -0.1) is 11.3 Å². The van der Waals surface area contributed by atoms with Crippen molar-refractivity contribution < 1.29 is 14.6 Å². The van der Waals surface area contributed by atoms with Crippen LogP contribution in [-0.4, -0.2) is 27.2 Å². The summed E-state index contributed by atoms with van der Waals surface area (Å²) in [6, 6.07) is 1.70. The van der Waals surface area contributed by atoms with E-state index < -0.39 is 12.6 Å². The van der Waals surface area contributed by atoms with Gasteiger partial charge in [0, 0.05) is 7.05 Å². The maximum atomic E-state index is 11.8. The lowest BCUT2D eigenvalue weighted by molar-refractivity contribution is -0.139. The predicted molar refractivity (Wildman–Crippen MR) is 58.0 cm³/mol. The number of thiophene rings is 1. The number of aliphatic carboxylic acids is 1. The van der Waals surface area contributed by atoms with Crippen LogP contribution in [0, 0.1) is 0 Å². The Balaban J connectivity index is 2.49. The normalized spacial score (nSPS) is 10.6. The average Bonchev–Trinajstić information content (AvgIpc) is 2.69. The summed E-state index contributed by atoms with van der Waals surface area (Å²) in [5, 5.41) is 10.2. The number of carbonyl (C=O) groups is 1. The number of carboxylic acid groups (broad SMARTS) is 1. The quantitative estimate of drug-likeness (QED) is 0.842. The molecule has 0 saturated heterocycles. The van der Waals surface area contributed by atoms with Gasteiger partial charge in [0.2, 0.25) is 0 Å². The highest BCUT2D eigenvalue weighted by atomic mass is 32.1. The molecule has 0 amide bonds. The average molecular weight is 240 g/mol. The molecule has 0 unspecified atom stereocenters. The third-order valence-electron chi connectivity index (χ3n) is 1.97. The first-order valence-corrected chi connectivity index (χ1v) is 5.26. The monoisotopic (exact) mass is 240 g/mol. The van der Waals surface area contributed by atoms with Crippen LogP contribution >= 0.6 is 11.3 Å². The highest BCUT2D eigenvalue weighted by Crippen LogP contribution is 2.17. The van der Waals surface area contributed by atoms with Gasteiger partial charge in [-0.1, -0.05) is 0 Å². The van der Waals surface area contributed by atoms with Gasteiger partial charge in [0.25, 0.3) is 11.6 Å². The van der Waals surface area contributed by atoms with Gasteiger partial charge < -0.3 is 9.84 Å². The zero-order valence-electron chi connectivity index (χ0n) is 8.34. The standard InChI is InChI=1S/C9H8N2O4S/c1-11-8(14)7-5(2-3-16-7)10-9(11)15-4-6(12)13/h2-3H,4H2,1H3,(H,12,13). The van der Waals surface area contributed by atoms with Crippen molar-refractivity contribution in [1.29, 1.82) is 0 Å². The highest BCUT2D eigenvalue weighted by molar-refractivity contribution is 7.17. The minimum atomic E-state index is -1.11. The Morgan fingerprint density at radius 1 is 1.69 bits per heavy atom. The van der Waals surface area contributed by atoms with E-state index in [9.17, 15) is 9.59 Å². The first-order valence-electron chi connectivity index (χ1n) is 4.38. The zero-order chi connectivity index (χ0) is 11.7. The lowest BCUT2D eigenvalue weighted by Gasteiger charge is -2.06. The van der Waals surface area contributed by atoms with Crippen LogP contribution < -0.4 is 10.3 Å². The topological polar surface area (TPSA) is 81.4 Å². The van der Waals surface area contributed by atoms with Crippen LogP contribution in [0.4, 0.5) is 0 Å². The third-order valence-corrected chi connectivity index (χ3v) is 2.86. The summed E-state index contributed by atoms with van der Waals surface area (Å²) in [6.07, 6.45) is 0. The van der Waals surface area contributed by atoms with E-state index in [2.05, 4.69) is 4.98 Å². The molecule has 0 aliphatic rings. The number of aromatic nitrogens is 2. The Bertz CT molecular complexity index is 601. The number of nitrogens with zero attached hydrogens (tertiary/aromatic N) is 2. The van der Waals surface area contributed by atoms with Crippen molar-refractivity contribution in [3.05, 3.63) is 21.8 Å². The zero-order valence-corrected chi connectivity index (χ0v) is 9.15. The van der Waals surface area contributed by atoms with Gasteiger partial charge in [0.15, 0.2) is 6.61 Å². The third kappa shape index (κ3) is 1.76. The lowest BCUT2D eigenvalue weighted by atomic mass is 10.5. The molecule has 0 atom stereocenters. The van der Waals surface area contributed by atoms with Crippen LogP contribution in [0.2, 0.25) is 0 Å². The second kappa shape index (κ2) is 3.93. The van der Waals surface area contributed by atoms with Crippen molar-refractivity contribution in [3.8, 4) is 6.01 Å². The summed E-state index contributed by atoms with van der Waals surface area (Å²) >= 11 is 1.29.